The van der Waals surface area contributed by atoms with E-state index in [0.29, 0.717) is 12.1 Å². The third-order valence-corrected chi connectivity index (χ3v) is 6.97. The topological polar surface area (TPSA) is 73.3 Å². The van der Waals surface area contributed by atoms with Crippen LogP contribution in [0.25, 0.3) is 0 Å². The molecule has 0 radical (unpaired) electrons. The number of fused-ring (bicyclic) bond motifs is 1. The highest BCUT2D eigenvalue weighted by Gasteiger charge is 2.41. The molecule has 2 aliphatic carbocycles. The number of rotatable bonds is 5. The highest BCUT2D eigenvalue weighted by atomic mass is 16.5. The zero-order valence-electron chi connectivity index (χ0n) is 16.1. The number of nitrogens with one attached hydrogen (secondary N) is 2. The molecule has 6 heteroatoms. The second-order valence-electron chi connectivity index (χ2n) is 8.97. The Hall–Kier alpha value is -1.40. The Bertz CT molecular complexity index is 570. The second kappa shape index (κ2) is 7.69. The van der Waals surface area contributed by atoms with Gasteiger partial charge in [0.25, 0.3) is 0 Å². The molecule has 2 saturated carbocycles. The van der Waals surface area contributed by atoms with E-state index in [1.807, 2.05) is 12.4 Å². The van der Waals surface area contributed by atoms with Crippen molar-refractivity contribution < 1.29 is 5.21 Å². The first-order valence-electron chi connectivity index (χ1n) is 10.4. The maximum atomic E-state index is 9.11. The van der Waals surface area contributed by atoms with Gasteiger partial charge >= 0.3 is 0 Å². The normalized spacial score (nSPS) is 32.2. The molecule has 1 aromatic heterocycles. The fourth-order valence-corrected chi connectivity index (χ4v) is 5.40. The summed E-state index contributed by atoms with van der Waals surface area (Å²) >= 11 is 0. The predicted molar refractivity (Wildman–Crippen MR) is 103 cm³/mol. The van der Waals surface area contributed by atoms with Crippen molar-refractivity contribution in [1.29, 1.82) is 0 Å². The van der Waals surface area contributed by atoms with E-state index in [1.54, 1.807) is 0 Å². The van der Waals surface area contributed by atoms with Crippen molar-refractivity contribution in [3.8, 4) is 0 Å². The molecule has 0 aromatic carbocycles. The number of hydroxylamine groups is 1. The summed E-state index contributed by atoms with van der Waals surface area (Å²) in [6.07, 6.45) is 11.0. The van der Waals surface area contributed by atoms with E-state index >= 15 is 0 Å². The molecule has 2 heterocycles. The largest absolute Gasteiger partial charge is 0.380 e. The number of hydrogen-bond donors (Lipinski definition) is 3. The van der Waals surface area contributed by atoms with Gasteiger partial charge in [0, 0.05) is 25.2 Å². The molecule has 0 spiro atoms. The van der Waals surface area contributed by atoms with Gasteiger partial charge in [0.15, 0.2) is 0 Å². The summed E-state index contributed by atoms with van der Waals surface area (Å²) in [7, 11) is 0. The van der Waals surface area contributed by atoms with E-state index in [1.165, 1.54) is 25.7 Å². The van der Waals surface area contributed by atoms with Crippen molar-refractivity contribution in [1.82, 2.24) is 15.4 Å². The van der Waals surface area contributed by atoms with E-state index in [-0.39, 0.29) is 0 Å². The van der Waals surface area contributed by atoms with Gasteiger partial charge in [0.1, 0.15) is 0 Å². The summed E-state index contributed by atoms with van der Waals surface area (Å²) in [4.78, 5) is 11.6. The van der Waals surface area contributed by atoms with Crippen molar-refractivity contribution in [2.45, 2.75) is 64.5 Å². The number of anilines is 2. The van der Waals surface area contributed by atoms with Crippen LogP contribution in [0.15, 0.2) is 12.4 Å². The van der Waals surface area contributed by atoms with Crippen LogP contribution < -0.4 is 15.7 Å². The lowest BCUT2D eigenvalue weighted by Gasteiger charge is -2.33. The minimum absolute atomic E-state index is 0.299. The summed E-state index contributed by atoms with van der Waals surface area (Å²) in [5.41, 5.74) is 3.49. The minimum atomic E-state index is 0.299. The molecule has 2 unspecified atom stereocenters. The first kappa shape index (κ1) is 18.0. The smallest absolute Gasteiger partial charge is 0.225 e. The second-order valence-corrected chi connectivity index (χ2v) is 8.97. The molecule has 144 valence electrons. The Labute approximate surface area is 156 Å². The number of hydrogen-bond acceptors (Lipinski definition) is 6. The summed E-state index contributed by atoms with van der Waals surface area (Å²) in [5.74, 6) is 3.96. The lowest BCUT2D eigenvalue weighted by molar-refractivity contribution is 0.124. The van der Waals surface area contributed by atoms with Crippen LogP contribution in [-0.2, 0) is 0 Å². The lowest BCUT2D eigenvalue weighted by Crippen LogP contribution is -2.36. The Morgan fingerprint density at radius 2 is 1.58 bits per heavy atom. The molecule has 4 atom stereocenters. The molecular formula is C20H33N5O. The molecule has 3 fully saturated rings. The summed E-state index contributed by atoms with van der Waals surface area (Å²) in [6, 6.07) is 0.814. The molecular weight excluding hydrogens is 326 g/mol. The van der Waals surface area contributed by atoms with E-state index < -0.39 is 0 Å². The standard InChI is InChI=1S/C20H33N5O/c1-13(2)14-3-5-25(6-4-14)20-21-11-19(12-22-20)23-17-7-15-9-18(24-26)10-16(15)8-17/h11-18,23-24,26H,3-10H2,1-2H3/t15-,16+,17?,18?. The summed E-state index contributed by atoms with van der Waals surface area (Å²) in [6.45, 7) is 6.80. The van der Waals surface area contributed by atoms with Crippen molar-refractivity contribution in [3.05, 3.63) is 12.4 Å². The van der Waals surface area contributed by atoms with Gasteiger partial charge in [0.05, 0.1) is 18.1 Å². The molecule has 1 saturated heterocycles. The molecule has 4 rings (SSSR count). The van der Waals surface area contributed by atoms with Crippen LogP contribution in [0.1, 0.15) is 52.4 Å². The number of aromatic nitrogens is 2. The number of piperidine rings is 1. The van der Waals surface area contributed by atoms with Crippen molar-refractivity contribution >= 4 is 11.6 Å². The molecule has 1 aromatic rings. The third-order valence-electron chi connectivity index (χ3n) is 6.97. The highest BCUT2D eigenvalue weighted by molar-refractivity contribution is 5.43. The Balaban J connectivity index is 1.28. The first-order chi connectivity index (χ1) is 12.6. The van der Waals surface area contributed by atoms with E-state index in [0.717, 1.165) is 61.2 Å². The van der Waals surface area contributed by atoms with Crippen molar-refractivity contribution in [2.24, 2.45) is 23.7 Å². The van der Waals surface area contributed by atoms with Gasteiger partial charge in [-0.1, -0.05) is 13.8 Å². The highest BCUT2D eigenvalue weighted by Crippen LogP contribution is 2.44. The molecule has 1 aliphatic heterocycles. The average molecular weight is 360 g/mol. The SMILES string of the molecule is CC(C)C1CCN(c2ncc(NC3C[C@H]4CC(NO)C[C@H]4C3)cn2)CC1. The summed E-state index contributed by atoms with van der Waals surface area (Å²) in [5, 5.41) is 12.7. The van der Waals surface area contributed by atoms with Crippen molar-refractivity contribution in [2.75, 3.05) is 23.3 Å². The minimum Gasteiger partial charge on any atom is -0.380 e. The predicted octanol–water partition coefficient (Wildman–Crippen LogP) is 3.30. The monoisotopic (exact) mass is 359 g/mol. The van der Waals surface area contributed by atoms with Gasteiger partial charge in [-0.25, -0.2) is 15.4 Å². The van der Waals surface area contributed by atoms with Gasteiger partial charge in [-0.3, -0.25) is 0 Å². The quantitative estimate of drug-likeness (QED) is 0.701. The molecule has 3 aliphatic rings. The zero-order chi connectivity index (χ0) is 18.1. The molecule has 3 N–H and O–H groups in total. The van der Waals surface area contributed by atoms with Crippen LogP contribution in [-0.4, -0.2) is 40.3 Å². The van der Waals surface area contributed by atoms with Gasteiger partial charge in [0.2, 0.25) is 5.95 Å². The maximum absolute atomic E-state index is 9.11. The maximum Gasteiger partial charge on any atom is 0.225 e. The van der Waals surface area contributed by atoms with Crippen LogP contribution in [0.4, 0.5) is 11.6 Å². The molecule has 26 heavy (non-hydrogen) atoms. The lowest BCUT2D eigenvalue weighted by atomic mass is 9.87. The van der Waals surface area contributed by atoms with E-state index in [9.17, 15) is 0 Å². The van der Waals surface area contributed by atoms with Crippen LogP contribution in [0.3, 0.4) is 0 Å². The third kappa shape index (κ3) is 3.81. The molecule has 0 bridgehead atoms. The zero-order valence-corrected chi connectivity index (χ0v) is 16.1. The molecule has 6 nitrogen and oxygen atoms in total. The molecule has 0 amide bonds. The van der Waals surface area contributed by atoms with Gasteiger partial charge in [-0.15, -0.1) is 0 Å². The Morgan fingerprint density at radius 1 is 1.00 bits per heavy atom. The Morgan fingerprint density at radius 3 is 2.12 bits per heavy atom. The van der Waals surface area contributed by atoms with Crippen LogP contribution in [0, 0.1) is 23.7 Å². The first-order valence-corrected chi connectivity index (χ1v) is 10.4. The van der Waals surface area contributed by atoms with Crippen LogP contribution in [0.5, 0.6) is 0 Å². The van der Waals surface area contributed by atoms with Gasteiger partial charge < -0.3 is 15.4 Å². The van der Waals surface area contributed by atoms with Crippen LogP contribution in [0.2, 0.25) is 0 Å². The van der Waals surface area contributed by atoms with E-state index in [2.05, 4.69) is 39.5 Å². The van der Waals surface area contributed by atoms with Gasteiger partial charge in [-0.2, -0.15) is 0 Å². The van der Waals surface area contributed by atoms with Crippen LogP contribution >= 0.6 is 0 Å². The Kier molecular flexibility index (Phi) is 5.32. The average Bonchev–Trinajstić information content (AvgIpc) is 3.20. The van der Waals surface area contributed by atoms with Gasteiger partial charge in [-0.05, 0) is 62.2 Å². The summed E-state index contributed by atoms with van der Waals surface area (Å²) < 4.78 is 0. The number of nitrogens with zero attached hydrogens (tertiary/aromatic N) is 3. The van der Waals surface area contributed by atoms with E-state index in [4.69, 9.17) is 5.21 Å². The fourth-order valence-electron chi connectivity index (χ4n) is 5.40. The fraction of sp³-hybridized carbons (Fsp3) is 0.800. The van der Waals surface area contributed by atoms with Crippen molar-refractivity contribution in [3.63, 3.8) is 0 Å².